The number of hydrogen-bond acceptors (Lipinski definition) is 5. The Kier molecular flexibility index (Phi) is 9.36. The Morgan fingerprint density at radius 3 is 2.41 bits per heavy atom. The maximum atomic E-state index is 12.7. The van der Waals surface area contributed by atoms with Gasteiger partial charge in [-0.25, -0.2) is 5.43 Å². The van der Waals surface area contributed by atoms with E-state index in [2.05, 4.69) is 10.3 Å². The van der Waals surface area contributed by atoms with Crippen molar-refractivity contribution in [2.45, 2.75) is 39.5 Å². The summed E-state index contributed by atoms with van der Waals surface area (Å²) in [5.41, 5.74) is 3.85. The quantitative estimate of drug-likeness (QED) is 0.531. The van der Waals surface area contributed by atoms with Crippen LogP contribution in [0.4, 0.5) is 18.9 Å². The Bertz CT molecular complexity index is 826. The number of hydrogen-bond donors (Lipinski definition) is 1. The smallest absolute Gasteiger partial charge is 0.393 e. The van der Waals surface area contributed by atoms with Gasteiger partial charge >= 0.3 is 6.18 Å². The molecule has 1 amide bonds. The zero-order chi connectivity index (χ0) is 24.1. The van der Waals surface area contributed by atoms with Crippen LogP contribution in [0.1, 0.15) is 27.2 Å². The summed E-state index contributed by atoms with van der Waals surface area (Å²) in [5.74, 6) is 0.412. The molecule has 2 rings (SSSR count). The van der Waals surface area contributed by atoms with Crippen molar-refractivity contribution < 1.29 is 22.7 Å². The van der Waals surface area contributed by atoms with E-state index in [-0.39, 0.29) is 29.3 Å². The van der Waals surface area contributed by atoms with E-state index in [1.54, 1.807) is 11.0 Å². The lowest BCUT2D eigenvalue weighted by Gasteiger charge is -2.37. The van der Waals surface area contributed by atoms with Crippen molar-refractivity contribution in [2.24, 2.45) is 0 Å². The molecule has 1 fully saturated rings. The average Bonchev–Trinajstić information content (AvgIpc) is 2.71. The molecule has 6 nitrogen and oxygen atoms in total. The number of allylic oxidation sites excluding steroid dienone is 2. The molecule has 0 bridgehead atoms. The lowest BCUT2D eigenvalue weighted by molar-refractivity contribution is -0.132. The maximum absolute atomic E-state index is 12.7. The molecule has 0 saturated carbocycles. The number of anilines is 1. The number of alkyl halides is 3. The number of carbonyl (C=O) groups is 1. The zero-order valence-corrected chi connectivity index (χ0v) is 20.1. The Morgan fingerprint density at radius 1 is 1.25 bits per heavy atom. The van der Waals surface area contributed by atoms with Gasteiger partial charge < -0.3 is 19.5 Å². The second kappa shape index (κ2) is 11.3. The number of nitrogens with one attached hydrogen (secondary N) is 1. The summed E-state index contributed by atoms with van der Waals surface area (Å²) in [5, 5.41) is 1.51. The minimum Gasteiger partial charge on any atom is -0.489 e. The fourth-order valence-corrected chi connectivity index (χ4v) is 3.71. The minimum atomic E-state index is -4.42. The van der Waals surface area contributed by atoms with Gasteiger partial charge in [-0.2, -0.15) is 13.2 Å². The first-order valence-electron chi connectivity index (χ1n) is 10.3. The Hall–Kier alpha value is -1.84. The number of hydrazine groups is 1. The van der Waals surface area contributed by atoms with E-state index in [0.717, 1.165) is 5.69 Å². The first-order valence-corrected chi connectivity index (χ1v) is 11.0. The van der Waals surface area contributed by atoms with Crippen molar-refractivity contribution >= 4 is 34.8 Å². The summed E-state index contributed by atoms with van der Waals surface area (Å²) in [7, 11) is 1.53. The van der Waals surface area contributed by atoms with Gasteiger partial charge in [0.15, 0.2) is 0 Å². The summed E-state index contributed by atoms with van der Waals surface area (Å²) >= 11 is 12.0. The molecule has 1 N–H and O–H groups in total. The van der Waals surface area contributed by atoms with Crippen LogP contribution in [0, 0.1) is 0 Å². The molecule has 11 heteroatoms. The largest absolute Gasteiger partial charge is 0.489 e. The minimum absolute atomic E-state index is 0.00511. The molecule has 1 aliphatic heterocycles. The lowest BCUT2D eigenvalue weighted by Crippen LogP contribution is -2.52. The molecule has 1 aromatic rings. The van der Waals surface area contributed by atoms with Crippen molar-refractivity contribution in [1.82, 2.24) is 15.3 Å². The second-order valence-electron chi connectivity index (χ2n) is 7.74. The van der Waals surface area contributed by atoms with Gasteiger partial charge in [0.25, 0.3) is 0 Å². The van der Waals surface area contributed by atoms with E-state index in [1.807, 2.05) is 26.0 Å². The van der Waals surface area contributed by atoms with E-state index in [9.17, 15) is 18.0 Å². The van der Waals surface area contributed by atoms with Gasteiger partial charge in [-0.1, -0.05) is 23.2 Å². The Morgan fingerprint density at radius 2 is 1.88 bits per heavy atom. The van der Waals surface area contributed by atoms with Crippen molar-refractivity contribution in [3.8, 4) is 5.75 Å². The van der Waals surface area contributed by atoms with Crippen molar-refractivity contribution in [3.05, 3.63) is 34.0 Å². The molecule has 32 heavy (non-hydrogen) atoms. The lowest BCUT2D eigenvalue weighted by atomic mass is 10.2. The van der Waals surface area contributed by atoms with E-state index < -0.39 is 12.6 Å². The number of piperazine rings is 1. The molecular weight excluding hydrogens is 468 g/mol. The molecule has 0 aromatic heterocycles. The van der Waals surface area contributed by atoms with Crippen LogP contribution in [0.25, 0.3) is 0 Å². The Labute approximate surface area is 196 Å². The fourth-order valence-electron chi connectivity index (χ4n) is 3.30. The molecule has 1 saturated heterocycles. The van der Waals surface area contributed by atoms with Crippen LogP contribution >= 0.6 is 23.2 Å². The Balaban J connectivity index is 1.98. The summed E-state index contributed by atoms with van der Waals surface area (Å²) < 4.78 is 43.6. The number of benzene rings is 1. The highest BCUT2D eigenvalue weighted by Gasteiger charge is 2.30. The van der Waals surface area contributed by atoms with Gasteiger partial charge in [-0.15, -0.1) is 0 Å². The number of rotatable bonds is 8. The number of amides is 1. The van der Waals surface area contributed by atoms with Crippen LogP contribution in [0.3, 0.4) is 0 Å². The first kappa shape index (κ1) is 26.4. The molecule has 0 spiro atoms. The van der Waals surface area contributed by atoms with E-state index in [1.165, 1.54) is 19.0 Å². The SMILES string of the molecule is CNN(CC(=O)N1CCN(c2ccc(Cl)c(OC(C)C)c2)CC1)/C(C)=C(/Cl)CC(F)(F)F. The number of halogens is 5. The third kappa shape index (κ3) is 7.64. The predicted molar refractivity (Wildman–Crippen MR) is 121 cm³/mol. The van der Waals surface area contributed by atoms with Crippen LogP contribution in [0.2, 0.25) is 5.02 Å². The fraction of sp³-hybridized carbons (Fsp3) is 0.571. The van der Waals surface area contributed by atoms with Gasteiger partial charge in [0.05, 0.1) is 17.5 Å². The van der Waals surface area contributed by atoms with Crippen molar-refractivity contribution in [2.75, 3.05) is 44.7 Å². The number of carbonyl (C=O) groups excluding carboxylic acids is 1. The molecule has 0 atom stereocenters. The van der Waals surface area contributed by atoms with E-state index in [4.69, 9.17) is 27.9 Å². The summed E-state index contributed by atoms with van der Waals surface area (Å²) in [4.78, 5) is 16.6. The van der Waals surface area contributed by atoms with Crippen LogP contribution in [0.5, 0.6) is 5.75 Å². The third-order valence-corrected chi connectivity index (χ3v) is 5.71. The number of nitrogens with zero attached hydrogens (tertiary/aromatic N) is 3. The normalized spacial score (nSPS) is 15.7. The summed E-state index contributed by atoms with van der Waals surface area (Å²) in [6.07, 6.45) is -5.66. The van der Waals surface area contributed by atoms with Crippen molar-refractivity contribution in [1.29, 1.82) is 0 Å². The summed E-state index contributed by atoms with van der Waals surface area (Å²) in [6.45, 7) is 7.37. The molecule has 1 heterocycles. The van der Waals surface area contributed by atoms with E-state index >= 15 is 0 Å². The topological polar surface area (TPSA) is 48.1 Å². The van der Waals surface area contributed by atoms with Gasteiger partial charge in [-0.3, -0.25) is 4.79 Å². The highest BCUT2D eigenvalue weighted by Crippen LogP contribution is 2.31. The molecule has 0 unspecified atom stereocenters. The summed E-state index contributed by atoms with van der Waals surface area (Å²) in [6, 6.07) is 5.59. The molecule has 0 aliphatic carbocycles. The van der Waals surface area contributed by atoms with Gasteiger partial charge in [-0.05, 0) is 32.9 Å². The molecule has 0 radical (unpaired) electrons. The zero-order valence-electron chi connectivity index (χ0n) is 18.6. The van der Waals surface area contributed by atoms with Crippen LogP contribution in [0.15, 0.2) is 28.9 Å². The van der Waals surface area contributed by atoms with Gasteiger partial charge in [0, 0.05) is 55.7 Å². The predicted octanol–water partition coefficient (Wildman–Crippen LogP) is 4.63. The van der Waals surface area contributed by atoms with E-state index in [0.29, 0.717) is 37.0 Å². The van der Waals surface area contributed by atoms with Crippen LogP contribution < -0.4 is 15.1 Å². The molecule has 180 valence electrons. The third-order valence-electron chi connectivity index (χ3n) is 4.99. The van der Waals surface area contributed by atoms with Crippen LogP contribution in [-0.2, 0) is 4.79 Å². The maximum Gasteiger partial charge on any atom is 0.393 e. The molecular formula is C21H29Cl2F3N4O2. The standard InChI is InChI=1S/C21H29Cl2F3N4O2/c1-14(2)32-19-11-16(5-6-17(19)22)28-7-9-29(10-8-28)20(31)13-30(27-4)15(3)18(23)12-21(24,25)26/h5-6,11,14,27H,7-10,12-13H2,1-4H3/b18-15+. The van der Waals surface area contributed by atoms with Gasteiger partial charge in [0.2, 0.25) is 5.91 Å². The van der Waals surface area contributed by atoms with Crippen LogP contribution in [-0.4, -0.2) is 67.9 Å². The highest BCUT2D eigenvalue weighted by molar-refractivity contribution is 6.32. The van der Waals surface area contributed by atoms with Crippen molar-refractivity contribution in [3.63, 3.8) is 0 Å². The first-order chi connectivity index (χ1) is 14.9. The monoisotopic (exact) mass is 496 g/mol. The average molecular weight is 497 g/mol. The second-order valence-corrected chi connectivity index (χ2v) is 8.60. The molecule has 1 aliphatic rings. The number of ether oxygens (including phenoxy) is 1. The molecule has 1 aromatic carbocycles. The highest BCUT2D eigenvalue weighted by atomic mass is 35.5. The van der Waals surface area contributed by atoms with Gasteiger partial charge in [0.1, 0.15) is 12.3 Å².